The predicted molar refractivity (Wildman–Crippen MR) is 120 cm³/mol. The van der Waals surface area contributed by atoms with Gasteiger partial charge < -0.3 is 9.13 Å². The van der Waals surface area contributed by atoms with Crippen LogP contribution in [0.4, 0.5) is 0 Å². The van der Waals surface area contributed by atoms with E-state index in [9.17, 15) is 0 Å². The summed E-state index contributed by atoms with van der Waals surface area (Å²) in [5.41, 5.74) is 8.28. The second-order valence-electron chi connectivity index (χ2n) is 7.89. The summed E-state index contributed by atoms with van der Waals surface area (Å²) < 4.78 is 4.91. The first-order valence-electron chi connectivity index (χ1n) is 10.3. The Kier molecular flexibility index (Phi) is 4.80. The molecular weight excluding hydrogens is 342 g/mol. The number of aromatic nitrogens is 2. The molecule has 0 saturated heterocycles. The molecule has 0 aliphatic heterocycles. The van der Waals surface area contributed by atoms with Gasteiger partial charge in [-0.25, -0.2) is 0 Å². The average Bonchev–Trinajstić information content (AvgIpc) is 3.13. The number of hydrogen-bond acceptors (Lipinski definition) is 1. The van der Waals surface area contributed by atoms with Crippen molar-refractivity contribution in [2.45, 2.75) is 46.8 Å². The highest BCUT2D eigenvalue weighted by Gasteiger charge is 2.29. The van der Waals surface area contributed by atoms with Crippen LogP contribution in [0.5, 0.6) is 0 Å². The standard InChI is InChI=1S/C25H31N3/c1-7-27-17(3)23(19-13-9-11-15-21(19)27)25(26(5)6)24-18(4)28(8-2)22-16-12-10-14-20(22)24/h9-16,25H,7-8H2,1-6H3. The van der Waals surface area contributed by atoms with Gasteiger partial charge in [0, 0.05) is 57.4 Å². The van der Waals surface area contributed by atoms with Crippen LogP contribution in [0.15, 0.2) is 48.5 Å². The van der Waals surface area contributed by atoms with Crippen LogP contribution >= 0.6 is 0 Å². The lowest BCUT2D eigenvalue weighted by atomic mass is 9.93. The molecule has 4 aromatic rings. The molecule has 28 heavy (non-hydrogen) atoms. The Hall–Kier alpha value is -2.52. The third-order valence-electron chi connectivity index (χ3n) is 6.26. The largest absolute Gasteiger partial charge is 0.345 e. The van der Waals surface area contributed by atoms with Crippen LogP contribution in [0.25, 0.3) is 21.8 Å². The molecule has 0 aliphatic carbocycles. The lowest BCUT2D eigenvalue weighted by molar-refractivity contribution is 0.342. The van der Waals surface area contributed by atoms with Crippen LogP contribution in [0.2, 0.25) is 0 Å². The zero-order valence-corrected chi connectivity index (χ0v) is 18.0. The third kappa shape index (κ3) is 2.61. The van der Waals surface area contributed by atoms with Crippen molar-refractivity contribution >= 4 is 21.8 Å². The van der Waals surface area contributed by atoms with Gasteiger partial charge in [0.05, 0.1) is 6.04 Å². The highest BCUT2D eigenvalue weighted by Crippen LogP contribution is 2.41. The normalized spacial score (nSPS) is 12.1. The van der Waals surface area contributed by atoms with Gasteiger partial charge in [0.25, 0.3) is 0 Å². The monoisotopic (exact) mass is 373 g/mol. The Morgan fingerprint density at radius 3 is 1.46 bits per heavy atom. The van der Waals surface area contributed by atoms with Gasteiger partial charge in [0.15, 0.2) is 0 Å². The van der Waals surface area contributed by atoms with Crippen molar-refractivity contribution in [3.05, 3.63) is 71.0 Å². The van der Waals surface area contributed by atoms with Crippen molar-refractivity contribution in [2.75, 3.05) is 14.1 Å². The molecule has 3 nitrogen and oxygen atoms in total. The van der Waals surface area contributed by atoms with Crippen LogP contribution in [-0.2, 0) is 13.1 Å². The van der Waals surface area contributed by atoms with E-state index in [2.05, 4.69) is 104 Å². The molecule has 0 saturated carbocycles. The van der Waals surface area contributed by atoms with Gasteiger partial charge in [-0.05, 0) is 53.9 Å². The van der Waals surface area contributed by atoms with Gasteiger partial charge in [0.1, 0.15) is 0 Å². The first-order valence-corrected chi connectivity index (χ1v) is 10.3. The second kappa shape index (κ2) is 7.14. The number of nitrogens with zero attached hydrogens (tertiary/aromatic N) is 3. The molecule has 2 aromatic carbocycles. The number of benzene rings is 2. The van der Waals surface area contributed by atoms with E-state index in [-0.39, 0.29) is 6.04 Å². The minimum absolute atomic E-state index is 0.218. The minimum Gasteiger partial charge on any atom is -0.345 e. The molecule has 0 unspecified atom stereocenters. The zero-order chi connectivity index (χ0) is 20.0. The molecule has 0 radical (unpaired) electrons. The van der Waals surface area contributed by atoms with Gasteiger partial charge in [-0.2, -0.15) is 0 Å². The third-order valence-corrected chi connectivity index (χ3v) is 6.26. The fourth-order valence-corrected chi connectivity index (χ4v) is 5.08. The Bertz CT molecular complexity index is 1060. The molecule has 4 rings (SSSR count). The summed E-state index contributed by atoms with van der Waals surface area (Å²) >= 11 is 0. The quantitative estimate of drug-likeness (QED) is 0.424. The molecule has 0 bridgehead atoms. The molecule has 0 amide bonds. The van der Waals surface area contributed by atoms with E-state index >= 15 is 0 Å². The second-order valence-corrected chi connectivity index (χ2v) is 7.89. The number of fused-ring (bicyclic) bond motifs is 2. The molecule has 0 N–H and O–H groups in total. The maximum Gasteiger partial charge on any atom is 0.0644 e. The molecule has 2 aromatic heterocycles. The Balaban J connectivity index is 2.10. The lowest BCUT2D eigenvalue weighted by Gasteiger charge is -2.26. The number of rotatable bonds is 5. The molecule has 0 fully saturated rings. The van der Waals surface area contributed by atoms with E-state index in [0.29, 0.717) is 0 Å². The summed E-state index contributed by atoms with van der Waals surface area (Å²) in [5.74, 6) is 0. The maximum atomic E-state index is 2.45. The fraction of sp³-hybridized carbons (Fsp3) is 0.360. The fourth-order valence-electron chi connectivity index (χ4n) is 5.08. The van der Waals surface area contributed by atoms with E-state index in [1.807, 2.05) is 0 Å². The molecule has 2 heterocycles. The summed E-state index contributed by atoms with van der Waals surface area (Å²) in [6.45, 7) is 11.0. The SMILES string of the molecule is CCn1c(C)c(C(c2c(C)n(CC)c3ccccc23)N(C)C)c2ccccc21. The van der Waals surface area contributed by atoms with Crippen LogP contribution in [0.3, 0.4) is 0 Å². The first-order chi connectivity index (χ1) is 13.5. The summed E-state index contributed by atoms with van der Waals surface area (Å²) in [6.07, 6.45) is 0. The van der Waals surface area contributed by atoms with Crippen molar-refractivity contribution in [3.63, 3.8) is 0 Å². The number of aryl methyl sites for hydroxylation is 2. The van der Waals surface area contributed by atoms with Crippen molar-refractivity contribution in [1.29, 1.82) is 0 Å². The molecule has 146 valence electrons. The highest BCUT2D eigenvalue weighted by molar-refractivity contribution is 5.90. The minimum atomic E-state index is 0.218. The topological polar surface area (TPSA) is 13.1 Å². The molecule has 3 heteroatoms. The van der Waals surface area contributed by atoms with Gasteiger partial charge in [-0.3, -0.25) is 4.90 Å². The van der Waals surface area contributed by atoms with Crippen LogP contribution in [0, 0.1) is 13.8 Å². The molecule has 0 spiro atoms. The van der Waals surface area contributed by atoms with E-state index in [0.717, 1.165) is 13.1 Å². The maximum absolute atomic E-state index is 2.45. The molecular formula is C25H31N3. The Morgan fingerprint density at radius 2 is 1.11 bits per heavy atom. The van der Waals surface area contributed by atoms with Gasteiger partial charge in [-0.1, -0.05) is 36.4 Å². The van der Waals surface area contributed by atoms with Crippen molar-refractivity contribution in [2.24, 2.45) is 0 Å². The Labute approximate surface area is 168 Å². The first kappa shape index (κ1) is 18.8. The van der Waals surface area contributed by atoms with E-state index in [1.165, 1.54) is 44.3 Å². The van der Waals surface area contributed by atoms with E-state index in [1.54, 1.807) is 0 Å². The van der Waals surface area contributed by atoms with Crippen LogP contribution in [0.1, 0.15) is 42.4 Å². The van der Waals surface area contributed by atoms with Crippen LogP contribution in [-0.4, -0.2) is 28.1 Å². The molecule has 0 aliphatic rings. The average molecular weight is 374 g/mol. The van der Waals surface area contributed by atoms with Gasteiger partial charge in [-0.15, -0.1) is 0 Å². The van der Waals surface area contributed by atoms with Gasteiger partial charge >= 0.3 is 0 Å². The Morgan fingerprint density at radius 1 is 0.714 bits per heavy atom. The summed E-state index contributed by atoms with van der Waals surface area (Å²) in [7, 11) is 4.42. The lowest BCUT2D eigenvalue weighted by Crippen LogP contribution is -2.22. The van der Waals surface area contributed by atoms with Crippen LogP contribution < -0.4 is 0 Å². The molecule has 0 atom stereocenters. The summed E-state index contributed by atoms with van der Waals surface area (Å²) in [5, 5.41) is 2.74. The van der Waals surface area contributed by atoms with Crippen molar-refractivity contribution in [3.8, 4) is 0 Å². The highest BCUT2D eigenvalue weighted by atomic mass is 15.1. The van der Waals surface area contributed by atoms with Crippen molar-refractivity contribution in [1.82, 2.24) is 14.0 Å². The predicted octanol–water partition coefficient (Wildman–Crippen LogP) is 5.90. The van der Waals surface area contributed by atoms with E-state index in [4.69, 9.17) is 0 Å². The number of hydrogen-bond donors (Lipinski definition) is 0. The van der Waals surface area contributed by atoms with Crippen molar-refractivity contribution < 1.29 is 0 Å². The number of para-hydroxylation sites is 2. The summed E-state index contributed by atoms with van der Waals surface area (Å²) in [4.78, 5) is 2.38. The summed E-state index contributed by atoms with van der Waals surface area (Å²) in [6, 6.07) is 17.9. The zero-order valence-electron chi connectivity index (χ0n) is 18.0. The smallest absolute Gasteiger partial charge is 0.0644 e. The van der Waals surface area contributed by atoms with E-state index < -0.39 is 0 Å². The van der Waals surface area contributed by atoms with Gasteiger partial charge in [0.2, 0.25) is 0 Å².